The average Bonchev–Trinajstić information content (AvgIpc) is 2.47. The fourth-order valence-corrected chi connectivity index (χ4v) is 1.79. The number of ether oxygens (including phenoxy) is 1. The minimum atomic E-state index is -4.70. The van der Waals surface area contributed by atoms with Crippen LogP contribution >= 0.6 is 12.2 Å². The Labute approximate surface area is 130 Å². The molecule has 0 aliphatic carbocycles. The van der Waals surface area contributed by atoms with Gasteiger partial charge in [-0.25, -0.2) is 0 Å². The lowest BCUT2D eigenvalue weighted by Crippen LogP contribution is -2.27. The first kappa shape index (κ1) is 16.0. The molecule has 0 amide bonds. The van der Waals surface area contributed by atoms with Crippen molar-refractivity contribution in [2.24, 2.45) is 0 Å². The molecule has 1 aromatic heterocycles. The quantitative estimate of drug-likeness (QED) is 0.842. The molecule has 0 unspecified atom stereocenters. The molecule has 2 rings (SSSR count). The number of nitrogens with zero attached hydrogens (tertiary/aromatic N) is 1. The van der Waals surface area contributed by atoms with Crippen LogP contribution in [0.3, 0.4) is 0 Å². The number of pyridine rings is 1. The predicted molar refractivity (Wildman–Crippen MR) is 80.4 cm³/mol. The molecule has 0 atom stereocenters. The van der Waals surface area contributed by atoms with Gasteiger partial charge in [0.25, 0.3) is 0 Å². The maximum atomic E-state index is 12.0. The zero-order valence-electron chi connectivity index (χ0n) is 11.2. The zero-order chi connectivity index (χ0) is 16.0. The van der Waals surface area contributed by atoms with Crippen molar-refractivity contribution >= 4 is 23.0 Å². The molecule has 116 valence electrons. The third-order valence-corrected chi connectivity index (χ3v) is 2.79. The monoisotopic (exact) mass is 327 g/mol. The molecule has 0 aliphatic heterocycles. The van der Waals surface area contributed by atoms with E-state index in [-0.39, 0.29) is 5.75 Å². The molecule has 0 saturated carbocycles. The smallest absolute Gasteiger partial charge is 0.406 e. The van der Waals surface area contributed by atoms with E-state index in [1.54, 1.807) is 12.4 Å². The summed E-state index contributed by atoms with van der Waals surface area (Å²) in [5.41, 5.74) is 1.56. The molecule has 22 heavy (non-hydrogen) atoms. The van der Waals surface area contributed by atoms with Crippen molar-refractivity contribution in [3.63, 3.8) is 0 Å². The molecule has 2 N–H and O–H groups in total. The number of anilines is 1. The topological polar surface area (TPSA) is 46.2 Å². The zero-order valence-corrected chi connectivity index (χ0v) is 12.0. The molecular formula is C14H12F3N3OS. The van der Waals surface area contributed by atoms with Crippen LogP contribution in [0.15, 0.2) is 48.8 Å². The van der Waals surface area contributed by atoms with Gasteiger partial charge in [-0.2, -0.15) is 0 Å². The van der Waals surface area contributed by atoms with E-state index in [2.05, 4.69) is 20.4 Å². The van der Waals surface area contributed by atoms with E-state index in [9.17, 15) is 13.2 Å². The fourth-order valence-electron chi connectivity index (χ4n) is 1.60. The van der Waals surface area contributed by atoms with Gasteiger partial charge in [0.15, 0.2) is 5.11 Å². The van der Waals surface area contributed by atoms with Crippen LogP contribution in [0, 0.1) is 0 Å². The standard InChI is InChI=1S/C14H12F3N3OS/c15-14(16,17)21-12-3-1-11(2-4-12)20-13(22)19-9-10-5-7-18-8-6-10/h1-8H,9H2,(H2,19,20,22). The summed E-state index contributed by atoms with van der Waals surface area (Å²) in [7, 11) is 0. The largest absolute Gasteiger partial charge is 0.573 e. The predicted octanol–water partition coefficient (Wildman–Crippen LogP) is 3.47. The van der Waals surface area contributed by atoms with Crippen molar-refractivity contribution in [3.05, 3.63) is 54.4 Å². The van der Waals surface area contributed by atoms with E-state index in [1.165, 1.54) is 24.3 Å². The van der Waals surface area contributed by atoms with Gasteiger partial charge in [-0.3, -0.25) is 4.98 Å². The molecule has 0 spiro atoms. The van der Waals surface area contributed by atoms with Gasteiger partial charge >= 0.3 is 6.36 Å². The van der Waals surface area contributed by atoms with Crippen LogP contribution in [0.1, 0.15) is 5.56 Å². The minimum absolute atomic E-state index is 0.284. The third-order valence-electron chi connectivity index (χ3n) is 2.55. The van der Waals surface area contributed by atoms with Gasteiger partial charge in [0.2, 0.25) is 0 Å². The second-order valence-corrected chi connectivity index (χ2v) is 4.64. The first-order chi connectivity index (χ1) is 10.4. The van der Waals surface area contributed by atoms with Crippen LogP contribution in [-0.2, 0) is 6.54 Å². The highest BCUT2D eigenvalue weighted by Gasteiger charge is 2.30. The molecule has 0 saturated heterocycles. The summed E-state index contributed by atoms with van der Waals surface area (Å²) in [6, 6.07) is 9.00. The maximum absolute atomic E-state index is 12.0. The second kappa shape index (κ2) is 7.08. The summed E-state index contributed by atoms with van der Waals surface area (Å²) in [4.78, 5) is 3.91. The van der Waals surface area contributed by atoms with E-state index in [4.69, 9.17) is 12.2 Å². The number of halogens is 3. The highest BCUT2D eigenvalue weighted by molar-refractivity contribution is 7.80. The van der Waals surface area contributed by atoms with Crippen LogP contribution in [0.2, 0.25) is 0 Å². The maximum Gasteiger partial charge on any atom is 0.573 e. The SMILES string of the molecule is FC(F)(F)Oc1ccc(NC(=S)NCc2ccncc2)cc1. The van der Waals surface area contributed by atoms with Crippen LogP contribution < -0.4 is 15.4 Å². The highest BCUT2D eigenvalue weighted by Crippen LogP contribution is 2.23. The van der Waals surface area contributed by atoms with Gasteiger partial charge in [-0.15, -0.1) is 13.2 Å². The number of aromatic nitrogens is 1. The van der Waals surface area contributed by atoms with Gasteiger partial charge in [-0.05, 0) is 54.2 Å². The Kier molecular flexibility index (Phi) is 5.16. The van der Waals surface area contributed by atoms with Gasteiger partial charge in [0, 0.05) is 24.6 Å². The Morgan fingerprint density at radius 1 is 1.09 bits per heavy atom. The van der Waals surface area contributed by atoms with E-state index >= 15 is 0 Å². The molecular weight excluding hydrogens is 315 g/mol. The molecule has 1 aromatic carbocycles. The third kappa shape index (κ3) is 5.57. The first-order valence-electron chi connectivity index (χ1n) is 6.22. The summed E-state index contributed by atoms with van der Waals surface area (Å²) in [5.74, 6) is -0.284. The summed E-state index contributed by atoms with van der Waals surface area (Å²) in [6.07, 6.45) is -1.35. The molecule has 4 nitrogen and oxygen atoms in total. The number of hydrogen-bond acceptors (Lipinski definition) is 3. The summed E-state index contributed by atoms with van der Waals surface area (Å²) in [5, 5.41) is 6.21. The molecule has 0 radical (unpaired) electrons. The van der Waals surface area contributed by atoms with E-state index in [0.29, 0.717) is 17.3 Å². The second-order valence-electron chi connectivity index (χ2n) is 4.24. The lowest BCUT2D eigenvalue weighted by Gasteiger charge is -2.12. The minimum Gasteiger partial charge on any atom is -0.406 e. The van der Waals surface area contributed by atoms with Crippen molar-refractivity contribution in [1.82, 2.24) is 10.3 Å². The summed E-state index contributed by atoms with van der Waals surface area (Å²) < 4.78 is 39.9. The number of alkyl halides is 3. The lowest BCUT2D eigenvalue weighted by molar-refractivity contribution is -0.274. The number of thiocarbonyl (C=S) groups is 1. The summed E-state index contributed by atoms with van der Waals surface area (Å²) in [6.45, 7) is 0.517. The fraction of sp³-hybridized carbons (Fsp3) is 0.143. The van der Waals surface area contributed by atoms with Crippen LogP contribution in [0.4, 0.5) is 18.9 Å². The van der Waals surface area contributed by atoms with Crippen molar-refractivity contribution in [3.8, 4) is 5.75 Å². The van der Waals surface area contributed by atoms with E-state index in [1.807, 2.05) is 12.1 Å². The van der Waals surface area contributed by atoms with Crippen LogP contribution in [0.5, 0.6) is 5.75 Å². The molecule has 8 heteroatoms. The number of rotatable bonds is 4. The van der Waals surface area contributed by atoms with Crippen LogP contribution in [-0.4, -0.2) is 16.5 Å². The Hall–Kier alpha value is -2.35. The van der Waals surface area contributed by atoms with Gasteiger partial charge in [-0.1, -0.05) is 0 Å². The van der Waals surface area contributed by atoms with Gasteiger partial charge < -0.3 is 15.4 Å². The van der Waals surface area contributed by atoms with Gasteiger partial charge in [0.1, 0.15) is 5.75 Å². The van der Waals surface area contributed by atoms with E-state index in [0.717, 1.165) is 5.56 Å². The number of hydrogen-bond donors (Lipinski definition) is 2. The van der Waals surface area contributed by atoms with Crippen molar-refractivity contribution in [1.29, 1.82) is 0 Å². The Balaban J connectivity index is 1.84. The van der Waals surface area contributed by atoms with Crippen molar-refractivity contribution in [2.75, 3.05) is 5.32 Å². The van der Waals surface area contributed by atoms with Crippen LogP contribution in [0.25, 0.3) is 0 Å². The van der Waals surface area contributed by atoms with E-state index < -0.39 is 6.36 Å². The number of benzene rings is 1. The van der Waals surface area contributed by atoms with Crippen molar-refractivity contribution in [2.45, 2.75) is 12.9 Å². The molecule has 0 bridgehead atoms. The van der Waals surface area contributed by atoms with Gasteiger partial charge in [0.05, 0.1) is 0 Å². The number of nitrogens with one attached hydrogen (secondary N) is 2. The van der Waals surface area contributed by atoms with Crippen molar-refractivity contribution < 1.29 is 17.9 Å². The molecule has 2 aromatic rings. The summed E-state index contributed by atoms with van der Waals surface area (Å²) >= 11 is 5.11. The Morgan fingerprint density at radius 3 is 2.32 bits per heavy atom. The molecule has 0 aliphatic rings. The Bertz CT molecular complexity index is 617. The average molecular weight is 327 g/mol. The molecule has 1 heterocycles. The molecule has 0 fully saturated rings. The Morgan fingerprint density at radius 2 is 1.73 bits per heavy atom. The normalized spacial score (nSPS) is 10.9. The first-order valence-corrected chi connectivity index (χ1v) is 6.63. The lowest BCUT2D eigenvalue weighted by atomic mass is 10.3. The highest BCUT2D eigenvalue weighted by atomic mass is 32.1.